The maximum atomic E-state index is 12.5. The first kappa shape index (κ1) is 15.6. The Labute approximate surface area is 145 Å². The minimum Gasteiger partial charge on any atom is -0.507 e. The predicted octanol–water partition coefficient (Wildman–Crippen LogP) is 2.79. The van der Waals surface area contributed by atoms with Gasteiger partial charge >= 0.3 is 0 Å². The summed E-state index contributed by atoms with van der Waals surface area (Å²) in [6.07, 6.45) is 4.37. The molecule has 128 valence electrons. The second-order valence-electron chi connectivity index (χ2n) is 6.39. The number of phenolic OH excluding ortho intramolecular Hbond substituents is 1. The Morgan fingerprint density at radius 1 is 1.12 bits per heavy atom. The zero-order valence-corrected chi connectivity index (χ0v) is 13.9. The number of aromatic nitrogens is 3. The summed E-state index contributed by atoms with van der Waals surface area (Å²) in [7, 11) is 0. The zero-order chi connectivity index (χ0) is 17.2. The second kappa shape index (κ2) is 6.55. The van der Waals surface area contributed by atoms with Gasteiger partial charge in [-0.05, 0) is 35.7 Å². The molecule has 6 heteroatoms. The van der Waals surface area contributed by atoms with Gasteiger partial charge < -0.3 is 15.0 Å². The van der Waals surface area contributed by atoms with Gasteiger partial charge in [-0.2, -0.15) is 0 Å². The van der Waals surface area contributed by atoms with Crippen LogP contribution in [0, 0.1) is 0 Å². The number of carbonyl (C=O) groups is 1. The molecule has 0 saturated carbocycles. The highest BCUT2D eigenvalue weighted by molar-refractivity contribution is 6.01. The van der Waals surface area contributed by atoms with Gasteiger partial charge in [0.05, 0.1) is 12.1 Å². The summed E-state index contributed by atoms with van der Waals surface area (Å²) in [5, 5.41) is 23.3. The fourth-order valence-corrected chi connectivity index (χ4v) is 3.34. The maximum absolute atomic E-state index is 12.5. The molecule has 1 aliphatic rings. The number of nitrogens with zero attached hydrogens (tertiary/aromatic N) is 3. The van der Waals surface area contributed by atoms with E-state index in [1.54, 1.807) is 12.1 Å². The molecule has 25 heavy (non-hydrogen) atoms. The molecule has 2 heterocycles. The normalized spacial score (nSPS) is 14.1. The van der Waals surface area contributed by atoms with Crippen molar-refractivity contribution in [2.24, 2.45) is 0 Å². The molecule has 2 aromatic carbocycles. The van der Waals surface area contributed by atoms with E-state index in [9.17, 15) is 9.90 Å². The van der Waals surface area contributed by atoms with Crippen molar-refractivity contribution in [2.75, 3.05) is 0 Å². The van der Waals surface area contributed by atoms with Crippen molar-refractivity contribution in [3.63, 3.8) is 0 Å². The lowest BCUT2D eigenvalue weighted by Crippen LogP contribution is -2.25. The quantitative estimate of drug-likeness (QED) is 0.771. The Bertz CT molecular complexity index is 932. The Hall–Kier alpha value is -2.89. The summed E-state index contributed by atoms with van der Waals surface area (Å²) in [6.45, 7) is 1.20. The molecule has 0 unspecified atom stereocenters. The highest BCUT2D eigenvalue weighted by Gasteiger charge is 2.17. The Kier molecular flexibility index (Phi) is 4.09. The van der Waals surface area contributed by atoms with Gasteiger partial charge in [0, 0.05) is 13.0 Å². The van der Waals surface area contributed by atoms with Gasteiger partial charge in [-0.15, -0.1) is 10.2 Å². The third kappa shape index (κ3) is 3.07. The molecule has 4 rings (SSSR count). The predicted molar refractivity (Wildman–Crippen MR) is 94.4 cm³/mol. The van der Waals surface area contributed by atoms with Crippen LogP contribution in [0.4, 0.5) is 0 Å². The third-order valence-electron chi connectivity index (χ3n) is 4.70. The molecule has 0 atom stereocenters. The fourth-order valence-electron chi connectivity index (χ4n) is 3.34. The minimum atomic E-state index is -0.311. The summed E-state index contributed by atoms with van der Waals surface area (Å²) in [5.74, 6) is 1.44. The first-order valence-corrected chi connectivity index (χ1v) is 8.63. The van der Waals surface area contributed by atoms with Crippen molar-refractivity contribution < 1.29 is 9.90 Å². The minimum absolute atomic E-state index is 0.0173. The molecule has 0 radical (unpaired) electrons. The molecule has 1 aromatic heterocycles. The van der Waals surface area contributed by atoms with Crippen LogP contribution in [0.25, 0.3) is 10.8 Å². The van der Waals surface area contributed by atoms with E-state index in [2.05, 4.69) is 20.1 Å². The molecule has 0 saturated heterocycles. The SMILES string of the molecule is O=C(NCc1nnc2n1CCCCC2)c1cc2ccccc2cc1O. The van der Waals surface area contributed by atoms with Crippen LogP contribution in [0.15, 0.2) is 36.4 Å². The van der Waals surface area contributed by atoms with Gasteiger partial charge in [-0.1, -0.05) is 30.7 Å². The molecular formula is C19H20N4O2. The van der Waals surface area contributed by atoms with Crippen molar-refractivity contribution in [2.45, 2.75) is 38.8 Å². The van der Waals surface area contributed by atoms with Gasteiger partial charge in [0.1, 0.15) is 11.6 Å². The summed E-state index contributed by atoms with van der Waals surface area (Å²) >= 11 is 0. The van der Waals surface area contributed by atoms with Crippen LogP contribution in [0.2, 0.25) is 0 Å². The van der Waals surface area contributed by atoms with E-state index in [-0.39, 0.29) is 17.2 Å². The topological polar surface area (TPSA) is 80.0 Å². The lowest BCUT2D eigenvalue weighted by atomic mass is 10.1. The van der Waals surface area contributed by atoms with E-state index in [0.29, 0.717) is 6.54 Å². The molecule has 3 aromatic rings. The van der Waals surface area contributed by atoms with Crippen molar-refractivity contribution >= 4 is 16.7 Å². The molecule has 1 aliphatic heterocycles. The van der Waals surface area contributed by atoms with E-state index in [1.807, 2.05) is 24.3 Å². The number of hydrogen-bond donors (Lipinski definition) is 2. The summed E-state index contributed by atoms with van der Waals surface area (Å²) in [6, 6.07) is 11.0. The zero-order valence-electron chi connectivity index (χ0n) is 13.9. The number of nitrogens with one attached hydrogen (secondary N) is 1. The van der Waals surface area contributed by atoms with Crippen molar-refractivity contribution in [1.29, 1.82) is 0 Å². The van der Waals surface area contributed by atoms with Crippen LogP contribution in [-0.4, -0.2) is 25.8 Å². The van der Waals surface area contributed by atoms with Crippen molar-refractivity contribution in [3.05, 3.63) is 53.6 Å². The smallest absolute Gasteiger partial charge is 0.255 e. The van der Waals surface area contributed by atoms with Gasteiger partial charge in [-0.25, -0.2) is 0 Å². The Morgan fingerprint density at radius 3 is 2.76 bits per heavy atom. The number of fused-ring (bicyclic) bond motifs is 2. The van der Waals surface area contributed by atoms with Crippen LogP contribution in [0.1, 0.15) is 41.3 Å². The second-order valence-corrected chi connectivity index (χ2v) is 6.39. The summed E-state index contributed by atoms with van der Waals surface area (Å²) in [5.41, 5.74) is 0.273. The van der Waals surface area contributed by atoms with E-state index in [1.165, 1.54) is 6.42 Å². The molecule has 0 aliphatic carbocycles. The molecule has 2 N–H and O–H groups in total. The number of aryl methyl sites for hydroxylation is 1. The van der Waals surface area contributed by atoms with E-state index >= 15 is 0 Å². The number of phenols is 1. The van der Waals surface area contributed by atoms with Crippen molar-refractivity contribution in [3.8, 4) is 5.75 Å². The number of rotatable bonds is 3. The average Bonchev–Trinajstić information content (AvgIpc) is 2.85. The largest absolute Gasteiger partial charge is 0.507 e. The average molecular weight is 336 g/mol. The first-order chi connectivity index (χ1) is 12.2. The number of aromatic hydroxyl groups is 1. The number of benzene rings is 2. The molecular weight excluding hydrogens is 316 g/mol. The van der Waals surface area contributed by atoms with Crippen LogP contribution in [0.3, 0.4) is 0 Å². The maximum Gasteiger partial charge on any atom is 0.255 e. The van der Waals surface area contributed by atoms with Gasteiger partial charge in [0.15, 0.2) is 5.82 Å². The summed E-state index contributed by atoms with van der Waals surface area (Å²) < 4.78 is 2.10. The summed E-state index contributed by atoms with van der Waals surface area (Å²) in [4.78, 5) is 12.5. The number of hydrogen-bond acceptors (Lipinski definition) is 4. The molecule has 1 amide bonds. The Morgan fingerprint density at radius 2 is 1.92 bits per heavy atom. The highest BCUT2D eigenvalue weighted by atomic mass is 16.3. The molecule has 0 bridgehead atoms. The van der Waals surface area contributed by atoms with Crippen LogP contribution in [-0.2, 0) is 19.5 Å². The molecule has 6 nitrogen and oxygen atoms in total. The first-order valence-electron chi connectivity index (χ1n) is 8.63. The van der Waals surface area contributed by atoms with Crippen LogP contribution >= 0.6 is 0 Å². The number of amides is 1. The fraction of sp³-hybridized carbons (Fsp3) is 0.316. The lowest BCUT2D eigenvalue weighted by molar-refractivity contribution is 0.0947. The van der Waals surface area contributed by atoms with Gasteiger partial charge in [0.25, 0.3) is 5.91 Å². The van der Waals surface area contributed by atoms with E-state index in [0.717, 1.165) is 48.2 Å². The van der Waals surface area contributed by atoms with Gasteiger partial charge in [-0.3, -0.25) is 4.79 Å². The molecule has 0 fully saturated rings. The lowest BCUT2D eigenvalue weighted by Gasteiger charge is -2.10. The van der Waals surface area contributed by atoms with Crippen LogP contribution in [0.5, 0.6) is 5.75 Å². The standard InChI is InChI=1S/C19H20N4O2/c24-16-11-14-7-4-3-6-13(14)10-15(16)19(25)20-12-18-22-21-17-8-2-1-5-9-23(17)18/h3-4,6-7,10-11,24H,1-2,5,8-9,12H2,(H,20,25). The third-order valence-corrected chi connectivity index (χ3v) is 4.70. The number of carbonyl (C=O) groups excluding carboxylic acids is 1. The highest BCUT2D eigenvalue weighted by Crippen LogP contribution is 2.25. The monoisotopic (exact) mass is 336 g/mol. The van der Waals surface area contributed by atoms with Gasteiger partial charge in [0.2, 0.25) is 0 Å². The molecule has 0 spiro atoms. The van der Waals surface area contributed by atoms with Crippen LogP contribution < -0.4 is 5.32 Å². The van der Waals surface area contributed by atoms with E-state index < -0.39 is 0 Å². The Balaban J connectivity index is 1.53. The van der Waals surface area contributed by atoms with Crippen molar-refractivity contribution in [1.82, 2.24) is 20.1 Å². The van der Waals surface area contributed by atoms with E-state index in [4.69, 9.17) is 0 Å².